The highest BCUT2D eigenvalue weighted by Gasteiger charge is 2.59. The number of benzene rings is 1. The van der Waals surface area contributed by atoms with Gasteiger partial charge in [0.25, 0.3) is 0 Å². The lowest BCUT2D eigenvalue weighted by Crippen LogP contribution is -2.50. The fourth-order valence-electron chi connectivity index (χ4n) is 9.30. The molecule has 1 aromatic carbocycles. The molecule has 4 aliphatic carbocycles. The Kier molecular flexibility index (Phi) is 7.13. The molecular weight excluding hydrogens is 461 g/mol. The molecule has 5 rings (SSSR count). The molecule has 2 N–H and O–H groups in total. The zero-order chi connectivity index (χ0) is 25.8. The Morgan fingerprint density at radius 1 is 0.944 bits per heavy atom. The zero-order valence-electron chi connectivity index (χ0n) is 22.1. The van der Waals surface area contributed by atoms with Crippen molar-refractivity contribution in [3.8, 4) is 0 Å². The van der Waals surface area contributed by atoms with Gasteiger partial charge in [0.1, 0.15) is 17.5 Å². The summed E-state index contributed by atoms with van der Waals surface area (Å²) in [6.45, 7) is 7.01. The third-order valence-electron chi connectivity index (χ3n) is 11.3. The minimum Gasteiger partial charge on any atom is -0.393 e. The van der Waals surface area contributed by atoms with Crippen LogP contribution in [0.5, 0.6) is 0 Å². The van der Waals surface area contributed by atoms with E-state index in [2.05, 4.69) is 20.8 Å². The third kappa shape index (κ3) is 4.26. The van der Waals surface area contributed by atoms with Gasteiger partial charge in [-0.25, -0.2) is 13.2 Å². The largest absolute Gasteiger partial charge is 0.393 e. The van der Waals surface area contributed by atoms with Crippen LogP contribution in [-0.2, 0) is 0 Å². The maximum absolute atomic E-state index is 15.8. The average molecular weight is 505 g/mol. The average Bonchev–Trinajstić information content (AvgIpc) is 3.17. The molecule has 200 valence electrons. The second-order valence-electron chi connectivity index (χ2n) is 13.1. The number of hydrogen-bond donors (Lipinski definition) is 2. The van der Waals surface area contributed by atoms with E-state index in [0.717, 1.165) is 56.9 Å². The lowest BCUT2D eigenvalue weighted by Gasteiger charge is -2.58. The Morgan fingerprint density at radius 2 is 1.61 bits per heavy atom. The maximum atomic E-state index is 15.8. The molecule has 0 saturated heterocycles. The van der Waals surface area contributed by atoms with E-state index in [1.165, 1.54) is 18.2 Å². The van der Waals surface area contributed by atoms with Gasteiger partial charge in [0.15, 0.2) is 0 Å². The number of hydrogen-bond acceptors (Lipinski definition) is 2. The van der Waals surface area contributed by atoms with Crippen LogP contribution in [0.2, 0.25) is 0 Å². The first kappa shape index (κ1) is 26.3. The van der Waals surface area contributed by atoms with Gasteiger partial charge >= 0.3 is 0 Å². The number of aliphatic hydroxyl groups excluding tert-OH is 2. The number of aliphatic hydroxyl groups is 2. The van der Waals surface area contributed by atoms with Crippen LogP contribution in [0, 0.1) is 52.1 Å². The quantitative estimate of drug-likeness (QED) is 0.412. The SMILES string of the molecule is C[C@H](CCCC(O)c1c(F)cccc1F)[C@H]1CC[C@H]2C3=C(F)CC4C[C@@H](O)CC[C@]4(C)[C@H]3CC[C@]12C. The smallest absolute Gasteiger partial charge is 0.131 e. The van der Waals surface area contributed by atoms with Gasteiger partial charge in [0.05, 0.1) is 17.8 Å². The molecule has 0 radical (unpaired) electrons. The summed E-state index contributed by atoms with van der Waals surface area (Å²) < 4.78 is 43.8. The van der Waals surface area contributed by atoms with Gasteiger partial charge < -0.3 is 10.2 Å². The van der Waals surface area contributed by atoms with E-state index in [9.17, 15) is 19.0 Å². The fraction of sp³-hybridized carbons (Fsp3) is 0.742. The molecule has 0 heterocycles. The Bertz CT molecular complexity index is 987. The van der Waals surface area contributed by atoms with E-state index in [1.807, 2.05) is 0 Å². The molecular formula is C31H43F3O2. The predicted molar refractivity (Wildman–Crippen MR) is 136 cm³/mol. The van der Waals surface area contributed by atoms with Gasteiger partial charge in [-0.1, -0.05) is 39.7 Å². The molecule has 0 spiro atoms. The van der Waals surface area contributed by atoms with Crippen LogP contribution < -0.4 is 0 Å². The van der Waals surface area contributed by atoms with Gasteiger partial charge in [0.2, 0.25) is 0 Å². The second-order valence-corrected chi connectivity index (χ2v) is 13.1. The minimum absolute atomic E-state index is 0.0796. The van der Waals surface area contributed by atoms with E-state index in [1.54, 1.807) is 0 Å². The van der Waals surface area contributed by atoms with Crippen LogP contribution in [0.25, 0.3) is 0 Å². The molecule has 3 fully saturated rings. The van der Waals surface area contributed by atoms with Crippen LogP contribution in [0.15, 0.2) is 29.6 Å². The van der Waals surface area contributed by atoms with Crippen molar-refractivity contribution < 1.29 is 23.4 Å². The van der Waals surface area contributed by atoms with Crippen molar-refractivity contribution in [1.82, 2.24) is 0 Å². The summed E-state index contributed by atoms with van der Waals surface area (Å²) in [6.07, 6.45) is 7.86. The molecule has 0 amide bonds. The number of fused-ring (bicyclic) bond motifs is 5. The molecule has 0 aliphatic heterocycles. The van der Waals surface area contributed by atoms with Crippen molar-refractivity contribution in [2.24, 2.45) is 40.4 Å². The summed E-state index contributed by atoms with van der Waals surface area (Å²) in [5.74, 6) is 0.499. The molecule has 2 unspecified atom stereocenters. The molecule has 5 heteroatoms. The highest BCUT2D eigenvalue weighted by atomic mass is 19.1. The monoisotopic (exact) mass is 504 g/mol. The maximum Gasteiger partial charge on any atom is 0.131 e. The Labute approximate surface area is 214 Å². The van der Waals surface area contributed by atoms with E-state index in [0.29, 0.717) is 42.9 Å². The Morgan fingerprint density at radius 3 is 2.33 bits per heavy atom. The van der Waals surface area contributed by atoms with Gasteiger partial charge in [0, 0.05) is 6.42 Å². The number of rotatable bonds is 6. The van der Waals surface area contributed by atoms with E-state index >= 15 is 4.39 Å². The first-order chi connectivity index (χ1) is 17.1. The van der Waals surface area contributed by atoms with Crippen LogP contribution >= 0.6 is 0 Å². The Hall–Kier alpha value is -1.33. The highest BCUT2D eigenvalue weighted by Crippen LogP contribution is 2.68. The molecule has 9 atom stereocenters. The Balaban J connectivity index is 1.26. The van der Waals surface area contributed by atoms with Crippen molar-refractivity contribution in [1.29, 1.82) is 0 Å². The van der Waals surface area contributed by atoms with Crippen LogP contribution in [0.1, 0.15) is 103 Å². The molecule has 4 aliphatic rings. The summed E-state index contributed by atoms with van der Waals surface area (Å²) in [5, 5.41) is 20.7. The molecule has 1 aromatic rings. The first-order valence-electron chi connectivity index (χ1n) is 14.2. The molecule has 2 nitrogen and oxygen atoms in total. The first-order valence-corrected chi connectivity index (χ1v) is 14.2. The number of allylic oxidation sites excluding steroid dienone is 2. The second kappa shape index (κ2) is 9.76. The fourth-order valence-corrected chi connectivity index (χ4v) is 9.30. The van der Waals surface area contributed by atoms with Gasteiger partial charge in [-0.15, -0.1) is 0 Å². The molecule has 3 saturated carbocycles. The van der Waals surface area contributed by atoms with E-state index in [4.69, 9.17) is 0 Å². The van der Waals surface area contributed by atoms with Gasteiger partial charge in [-0.3, -0.25) is 0 Å². The number of halogens is 3. The van der Waals surface area contributed by atoms with Crippen molar-refractivity contribution in [2.45, 2.75) is 104 Å². The van der Waals surface area contributed by atoms with Crippen LogP contribution in [0.4, 0.5) is 13.2 Å². The standard InChI is InChI=1S/C31H43F3O2/c1-18(6-4-9-27(36)29-24(32)7-5-8-25(29)33)21-10-11-22-28-23(13-15-31(21,22)3)30(2)14-12-20(35)16-19(30)17-26(28)34/h5,7-8,18-23,27,35-36H,4,6,9-17H2,1-3H3/t18-,19?,20+,21-,22+,23+,27?,30+,31-/m1/s1. The van der Waals surface area contributed by atoms with Crippen molar-refractivity contribution in [3.63, 3.8) is 0 Å². The highest BCUT2D eigenvalue weighted by molar-refractivity contribution is 5.30. The third-order valence-corrected chi connectivity index (χ3v) is 11.3. The molecule has 36 heavy (non-hydrogen) atoms. The van der Waals surface area contributed by atoms with E-state index < -0.39 is 17.7 Å². The van der Waals surface area contributed by atoms with Gasteiger partial charge in [-0.2, -0.15) is 0 Å². The van der Waals surface area contributed by atoms with Crippen molar-refractivity contribution >= 4 is 0 Å². The normalized spacial score (nSPS) is 39.8. The van der Waals surface area contributed by atoms with Crippen LogP contribution in [-0.4, -0.2) is 16.3 Å². The predicted octanol–water partition coefficient (Wildman–Crippen LogP) is 8.04. The summed E-state index contributed by atoms with van der Waals surface area (Å²) >= 11 is 0. The summed E-state index contributed by atoms with van der Waals surface area (Å²) in [5.41, 5.74) is 1.08. The summed E-state index contributed by atoms with van der Waals surface area (Å²) in [6, 6.07) is 3.70. The summed E-state index contributed by atoms with van der Waals surface area (Å²) in [4.78, 5) is 0. The van der Waals surface area contributed by atoms with E-state index in [-0.39, 0.29) is 34.2 Å². The zero-order valence-corrected chi connectivity index (χ0v) is 22.1. The minimum atomic E-state index is -1.13. The van der Waals surface area contributed by atoms with Gasteiger partial charge in [-0.05, 0) is 109 Å². The van der Waals surface area contributed by atoms with Crippen molar-refractivity contribution in [2.75, 3.05) is 0 Å². The van der Waals surface area contributed by atoms with Crippen molar-refractivity contribution in [3.05, 3.63) is 46.8 Å². The lowest BCUT2D eigenvalue weighted by atomic mass is 9.47. The topological polar surface area (TPSA) is 40.5 Å². The lowest BCUT2D eigenvalue weighted by molar-refractivity contribution is -0.0496. The molecule has 0 bridgehead atoms. The molecule has 0 aromatic heterocycles. The summed E-state index contributed by atoms with van der Waals surface area (Å²) in [7, 11) is 0. The van der Waals surface area contributed by atoms with Crippen LogP contribution in [0.3, 0.4) is 0 Å².